The van der Waals surface area contributed by atoms with Gasteiger partial charge in [0.15, 0.2) is 0 Å². The molecule has 10 nitrogen and oxygen atoms in total. The van der Waals surface area contributed by atoms with Crippen LogP contribution in [-0.2, 0) is 9.59 Å². The minimum Gasteiger partial charge on any atom is -0.481 e. The standard InChI is InChI=1S/C34H61N3O7S2/c1-21(2)13-25(22(3)4)16-42-30-35-31(43-17-26(23(5)6)14-33(9,10)45-19-28(38)39)37-32(36-30)44-18-27(24(7)8)15-34(11,12)46-20-29(40)41/h21-27H,13-20H2,1-12H3,(H,38,39)(H,40,41). The van der Waals surface area contributed by atoms with Crippen LogP contribution in [0.25, 0.3) is 0 Å². The van der Waals surface area contributed by atoms with Crippen LogP contribution in [0.2, 0.25) is 0 Å². The number of carboxylic acids is 2. The lowest BCUT2D eigenvalue weighted by Gasteiger charge is -2.31. The normalized spacial score (nSPS) is 14.5. The lowest BCUT2D eigenvalue weighted by atomic mass is 9.88. The summed E-state index contributed by atoms with van der Waals surface area (Å²) in [6.07, 6.45) is 2.54. The van der Waals surface area contributed by atoms with E-state index in [0.29, 0.717) is 37.6 Å². The van der Waals surface area contributed by atoms with E-state index in [4.69, 9.17) is 24.4 Å². The quantitative estimate of drug-likeness (QED) is 0.109. The van der Waals surface area contributed by atoms with Crippen LogP contribution < -0.4 is 14.2 Å². The fraction of sp³-hybridized carbons (Fsp3) is 0.853. The van der Waals surface area contributed by atoms with Gasteiger partial charge in [0.05, 0.1) is 31.3 Å². The number of carboxylic acid groups (broad SMARTS) is 2. The van der Waals surface area contributed by atoms with Crippen molar-refractivity contribution in [3.63, 3.8) is 0 Å². The number of thioether (sulfide) groups is 2. The van der Waals surface area contributed by atoms with E-state index in [-0.39, 0.29) is 62.7 Å². The van der Waals surface area contributed by atoms with Gasteiger partial charge < -0.3 is 24.4 Å². The average molecular weight is 688 g/mol. The number of ether oxygens (including phenoxy) is 3. The van der Waals surface area contributed by atoms with Gasteiger partial charge in [0.2, 0.25) is 0 Å². The molecular weight excluding hydrogens is 627 g/mol. The summed E-state index contributed by atoms with van der Waals surface area (Å²) < 4.78 is 18.0. The summed E-state index contributed by atoms with van der Waals surface area (Å²) in [6.45, 7) is 26.7. The third-order valence-electron chi connectivity index (χ3n) is 8.14. The Morgan fingerprint density at radius 3 is 1.17 bits per heavy atom. The smallest absolute Gasteiger partial charge is 0.325 e. The van der Waals surface area contributed by atoms with Crippen molar-refractivity contribution >= 4 is 35.5 Å². The third kappa shape index (κ3) is 17.8. The number of rotatable bonds is 24. The first-order valence-corrected chi connectivity index (χ1v) is 18.5. The Bertz CT molecular complexity index is 1000. The topological polar surface area (TPSA) is 141 Å². The van der Waals surface area contributed by atoms with Crippen molar-refractivity contribution in [2.45, 2.75) is 112 Å². The minimum atomic E-state index is -0.823. The first-order valence-electron chi connectivity index (χ1n) is 16.6. The highest BCUT2D eigenvalue weighted by Gasteiger charge is 2.29. The maximum absolute atomic E-state index is 11.2. The molecule has 0 saturated heterocycles. The highest BCUT2D eigenvalue weighted by atomic mass is 32.2. The molecule has 0 fully saturated rings. The van der Waals surface area contributed by atoms with Crippen LogP contribution >= 0.6 is 23.5 Å². The van der Waals surface area contributed by atoms with Gasteiger partial charge in [0, 0.05) is 9.49 Å². The summed E-state index contributed by atoms with van der Waals surface area (Å²) in [4.78, 5) is 35.8. The van der Waals surface area contributed by atoms with Crippen molar-refractivity contribution in [2.75, 3.05) is 31.3 Å². The molecule has 0 saturated carbocycles. The summed E-state index contributed by atoms with van der Waals surface area (Å²) in [6, 6.07) is 0.418. The van der Waals surface area contributed by atoms with Crippen LogP contribution in [-0.4, -0.2) is 77.9 Å². The molecule has 3 unspecified atom stereocenters. The lowest BCUT2D eigenvalue weighted by Crippen LogP contribution is -2.29. The minimum absolute atomic E-state index is 0.0501. The molecule has 0 spiro atoms. The zero-order valence-electron chi connectivity index (χ0n) is 30.3. The van der Waals surface area contributed by atoms with Crippen molar-refractivity contribution in [1.29, 1.82) is 0 Å². The van der Waals surface area contributed by atoms with Crippen molar-refractivity contribution in [2.24, 2.45) is 41.4 Å². The number of aliphatic carboxylic acids is 2. The van der Waals surface area contributed by atoms with E-state index in [1.165, 1.54) is 23.5 Å². The largest absolute Gasteiger partial charge is 0.481 e. The second kappa shape index (κ2) is 19.8. The molecule has 0 radical (unpaired) electrons. The third-order valence-corrected chi connectivity index (χ3v) is 10.8. The molecule has 1 rings (SSSR count). The van der Waals surface area contributed by atoms with Crippen molar-refractivity contribution < 1.29 is 34.0 Å². The zero-order chi connectivity index (χ0) is 35.2. The van der Waals surface area contributed by atoms with Gasteiger partial charge in [0.25, 0.3) is 0 Å². The van der Waals surface area contributed by atoms with Gasteiger partial charge in [-0.1, -0.05) is 83.1 Å². The van der Waals surface area contributed by atoms with E-state index in [2.05, 4.69) is 98.0 Å². The fourth-order valence-electron chi connectivity index (χ4n) is 5.07. The number of carbonyl (C=O) groups is 2. The van der Waals surface area contributed by atoms with E-state index < -0.39 is 11.9 Å². The first kappa shape index (κ1) is 42.1. The van der Waals surface area contributed by atoms with Gasteiger partial charge in [-0.25, -0.2) is 0 Å². The predicted octanol–water partition coefficient (Wildman–Crippen LogP) is 7.84. The maximum atomic E-state index is 11.2. The van der Waals surface area contributed by atoms with Crippen molar-refractivity contribution in [3.05, 3.63) is 0 Å². The highest BCUT2D eigenvalue weighted by Crippen LogP contribution is 2.36. The highest BCUT2D eigenvalue weighted by molar-refractivity contribution is 8.01. The molecule has 46 heavy (non-hydrogen) atoms. The van der Waals surface area contributed by atoms with Crippen molar-refractivity contribution in [3.8, 4) is 18.0 Å². The Labute approximate surface area is 286 Å². The fourth-order valence-corrected chi connectivity index (χ4v) is 6.76. The molecule has 266 valence electrons. The molecule has 2 N–H and O–H groups in total. The Morgan fingerprint density at radius 2 is 0.913 bits per heavy atom. The molecule has 0 aromatic carbocycles. The summed E-state index contributed by atoms with van der Waals surface area (Å²) in [5.74, 6) is 0.586. The van der Waals surface area contributed by atoms with Crippen molar-refractivity contribution in [1.82, 2.24) is 15.0 Å². The molecule has 1 aromatic heterocycles. The van der Waals surface area contributed by atoms with E-state index in [0.717, 1.165) is 19.3 Å². The number of hydrogen-bond acceptors (Lipinski definition) is 10. The van der Waals surface area contributed by atoms with E-state index in [9.17, 15) is 9.59 Å². The van der Waals surface area contributed by atoms with E-state index in [1.807, 2.05) is 0 Å². The molecule has 0 aliphatic rings. The Morgan fingerprint density at radius 1 is 0.609 bits per heavy atom. The zero-order valence-corrected chi connectivity index (χ0v) is 31.9. The average Bonchev–Trinajstić information content (AvgIpc) is 2.92. The van der Waals surface area contributed by atoms with Gasteiger partial charge in [-0.2, -0.15) is 0 Å². The number of nitrogens with zero attached hydrogens (tertiary/aromatic N) is 3. The van der Waals surface area contributed by atoms with Crippen LogP contribution in [0, 0.1) is 41.4 Å². The molecule has 12 heteroatoms. The maximum Gasteiger partial charge on any atom is 0.325 e. The van der Waals surface area contributed by atoms with Gasteiger partial charge in [-0.15, -0.1) is 38.5 Å². The van der Waals surface area contributed by atoms with Gasteiger partial charge in [-0.05, 0) is 60.7 Å². The summed E-state index contributed by atoms with van der Waals surface area (Å²) in [7, 11) is 0. The second-order valence-corrected chi connectivity index (χ2v) is 18.4. The monoisotopic (exact) mass is 687 g/mol. The molecular formula is C34H61N3O7S2. The number of hydrogen-bond donors (Lipinski definition) is 2. The van der Waals surface area contributed by atoms with Gasteiger partial charge >= 0.3 is 30.0 Å². The molecule has 0 amide bonds. The number of aromatic nitrogens is 3. The first-order chi connectivity index (χ1) is 21.2. The predicted molar refractivity (Wildman–Crippen MR) is 188 cm³/mol. The molecule has 1 heterocycles. The van der Waals surface area contributed by atoms with Crippen LogP contribution in [0.15, 0.2) is 0 Å². The molecule has 0 aliphatic heterocycles. The molecule has 0 aliphatic carbocycles. The van der Waals surface area contributed by atoms with Gasteiger partial charge in [-0.3, -0.25) is 9.59 Å². The van der Waals surface area contributed by atoms with Gasteiger partial charge in [0.1, 0.15) is 0 Å². The summed E-state index contributed by atoms with van der Waals surface area (Å²) in [5, 5.41) is 18.3. The second-order valence-electron chi connectivity index (χ2n) is 15.1. The molecule has 3 atom stereocenters. The Kier molecular flexibility index (Phi) is 18.1. The molecule has 1 aromatic rings. The Balaban J connectivity index is 3.21. The van der Waals surface area contributed by atoms with Crippen LogP contribution in [0.1, 0.15) is 102 Å². The van der Waals surface area contributed by atoms with Crippen LogP contribution in [0.3, 0.4) is 0 Å². The SMILES string of the molecule is CC(C)CC(COc1nc(OCC(CC(C)(C)SCC(=O)O)C(C)C)nc(OCC(CC(C)(C)SCC(=O)O)C(C)C)n1)C(C)C. The van der Waals surface area contributed by atoms with Crippen LogP contribution in [0.5, 0.6) is 18.0 Å². The van der Waals surface area contributed by atoms with E-state index in [1.54, 1.807) is 0 Å². The van der Waals surface area contributed by atoms with E-state index >= 15 is 0 Å². The Hall–Kier alpha value is -1.95. The lowest BCUT2D eigenvalue weighted by molar-refractivity contribution is -0.135. The van der Waals surface area contributed by atoms with Crippen LogP contribution in [0.4, 0.5) is 0 Å². The molecule has 0 bridgehead atoms. The summed E-state index contributed by atoms with van der Waals surface area (Å²) >= 11 is 2.85. The summed E-state index contributed by atoms with van der Waals surface area (Å²) in [5.41, 5.74) is 0.